The fourth-order valence-electron chi connectivity index (χ4n) is 5.43. The van der Waals surface area contributed by atoms with Crippen molar-refractivity contribution in [3.05, 3.63) is 83.4 Å². The standard InChI is InChI=1S/C34H35N5O7S/c1-20-16-39(21(2)18-40)33(42)25-5-4-6-26(37-31(41)22-7-9-23(10-8-22)32-35-13-14-47-32)30(25)46-29(20)17-38(3)34(43)36-24-11-12-27-28(15-24)45-19-44-27/h4-15,20-21,29,40H,16-19H2,1-3H3,(H,36,43)(H,37,41)/t20-,21+,29-/m1/s1. The Labute approximate surface area is 275 Å². The summed E-state index contributed by atoms with van der Waals surface area (Å²) in [5.41, 5.74) is 2.42. The Kier molecular flexibility index (Phi) is 9.27. The number of ether oxygens (including phenoxy) is 3. The predicted molar refractivity (Wildman–Crippen MR) is 177 cm³/mol. The number of para-hydroxylation sites is 1. The molecule has 2 aliphatic heterocycles. The van der Waals surface area contributed by atoms with Crippen LogP contribution in [0.5, 0.6) is 17.2 Å². The third-order valence-electron chi connectivity index (χ3n) is 8.19. The van der Waals surface area contributed by atoms with Gasteiger partial charge in [-0.3, -0.25) is 9.59 Å². The van der Waals surface area contributed by atoms with Gasteiger partial charge in [-0.05, 0) is 43.3 Å². The van der Waals surface area contributed by atoms with Crippen LogP contribution >= 0.6 is 11.3 Å². The van der Waals surface area contributed by atoms with Gasteiger partial charge in [-0.25, -0.2) is 9.78 Å². The molecule has 244 valence electrons. The molecular formula is C34H35N5O7S. The summed E-state index contributed by atoms with van der Waals surface area (Å²) < 4.78 is 17.3. The fraction of sp³-hybridized carbons (Fsp3) is 0.294. The first-order chi connectivity index (χ1) is 22.7. The normalized spacial score (nSPS) is 17.5. The van der Waals surface area contributed by atoms with E-state index < -0.39 is 12.1 Å². The number of aliphatic hydroxyl groups excluding tert-OH is 1. The third-order valence-corrected chi connectivity index (χ3v) is 9.01. The molecule has 47 heavy (non-hydrogen) atoms. The van der Waals surface area contributed by atoms with Gasteiger partial charge in [0.1, 0.15) is 11.1 Å². The fourth-order valence-corrected chi connectivity index (χ4v) is 6.07. The van der Waals surface area contributed by atoms with Crippen LogP contribution in [0.2, 0.25) is 0 Å². The van der Waals surface area contributed by atoms with E-state index in [1.807, 2.05) is 24.4 Å². The number of rotatable bonds is 8. The summed E-state index contributed by atoms with van der Waals surface area (Å²) >= 11 is 1.51. The Morgan fingerprint density at radius 1 is 1.11 bits per heavy atom. The third kappa shape index (κ3) is 6.86. The molecule has 0 saturated heterocycles. The average molecular weight is 658 g/mol. The number of anilines is 2. The van der Waals surface area contributed by atoms with Gasteiger partial charge in [0, 0.05) is 54.0 Å². The lowest BCUT2D eigenvalue weighted by Gasteiger charge is -2.38. The summed E-state index contributed by atoms with van der Waals surface area (Å²) in [5, 5.41) is 18.5. The zero-order chi connectivity index (χ0) is 33.1. The van der Waals surface area contributed by atoms with Crippen molar-refractivity contribution in [2.24, 2.45) is 5.92 Å². The van der Waals surface area contributed by atoms with E-state index in [1.54, 1.807) is 73.6 Å². The van der Waals surface area contributed by atoms with Crippen LogP contribution in [-0.2, 0) is 0 Å². The van der Waals surface area contributed by atoms with Crippen molar-refractivity contribution in [3.63, 3.8) is 0 Å². The number of nitrogens with zero attached hydrogens (tertiary/aromatic N) is 3. The minimum absolute atomic E-state index is 0.126. The van der Waals surface area contributed by atoms with E-state index in [9.17, 15) is 19.5 Å². The van der Waals surface area contributed by atoms with Crippen LogP contribution in [0.1, 0.15) is 34.6 Å². The molecule has 3 N–H and O–H groups in total. The van der Waals surface area contributed by atoms with Gasteiger partial charge in [0.15, 0.2) is 17.2 Å². The zero-order valence-electron chi connectivity index (χ0n) is 26.1. The monoisotopic (exact) mass is 657 g/mol. The van der Waals surface area contributed by atoms with Crippen molar-refractivity contribution in [1.82, 2.24) is 14.8 Å². The highest BCUT2D eigenvalue weighted by atomic mass is 32.1. The van der Waals surface area contributed by atoms with Gasteiger partial charge in [0.2, 0.25) is 6.79 Å². The molecule has 2 aliphatic rings. The summed E-state index contributed by atoms with van der Waals surface area (Å²) in [7, 11) is 1.65. The van der Waals surface area contributed by atoms with Gasteiger partial charge < -0.3 is 39.8 Å². The Balaban J connectivity index is 1.25. The van der Waals surface area contributed by atoms with Crippen molar-refractivity contribution in [2.75, 3.05) is 44.2 Å². The molecule has 0 radical (unpaired) electrons. The Bertz CT molecular complexity index is 1770. The van der Waals surface area contributed by atoms with E-state index in [0.29, 0.717) is 28.4 Å². The number of carbonyl (C=O) groups excluding carboxylic acids is 3. The Hall–Kier alpha value is -5.14. The quantitative estimate of drug-likeness (QED) is 0.236. The van der Waals surface area contributed by atoms with Crippen LogP contribution in [-0.4, -0.2) is 83.4 Å². The molecule has 0 unspecified atom stereocenters. The van der Waals surface area contributed by atoms with E-state index in [2.05, 4.69) is 15.6 Å². The van der Waals surface area contributed by atoms with Gasteiger partial charge in [-0.1, -0.05) is 25.1 Å². The number of amides is 4. The van der Waals surface area contributed by atoms with E-state index in [0.717, 1.165) is 10.6 Å². The molecule has 0 bridgehead atoms. The van der Waals surface area contributed by atoms with E-state index in [4.69, 9.17) is 14.2 Å². The minimum Gasteiger partial charge on any atom is -0.485 e. The largest absolute Gasteiger partial charge is 0.485 e. The molecule has 0 aliphatic carbocycles. The molecule has 0 saturated carbocycles. The van der Waals surface area contributed by atoms with Crippen LogP contribution in [0, 0.1) is 5.92 Å². The summed E-state index contributed by atoms with van der Waals surface area (Å²) in [5.74, 6) is 0.383. The second-order valence-corrected chi connectivity index (χ2v) is 12.4. The van der Waals surface area contributed by atoms with Gasteiger partial charge in [0.05, 0.1) is 30.4 Å². The highest BCUT2D eigenvalue weighted by Gasteiger charge is 2.35. The van der Waals surface area contributed by atoms with Gasteiger partial charge >= 0.3 is 6.03 Å². The summed E-state index contributed by atoms with van der Waals surface area (Å²) in [6.45, 7) is 4.03. The number of benzene rings is 3. The molecule has 4 aromatic rings. The number of urea groups is 1. The number of nitrogens with one attached hydrogen (secondary N) is 2. The maximum atomic E-state index is 13.8. The number of likely N-dealkylation sites (N-methyl/N-ethyl adjacent to an activating group) is 1. The van der Waals surface area contributed by atoms with Crippen LogP contribution in [0.15, 0.2) is 72.2 Å². The van der Waals surface area contributed by atoms with Crippen molar-refractivity contribution in [3.8, 4) is 27.8 Å². The van der Waals surface area contributed by atoms with E-state index in [-0.39, 0.29) is 61.6 Å². The number of thiazole rings is 1. The number of aromatic nitrogens is 1. The Morgan fingerprint density at radius 2 is 1.89 bits per heavy atom. The van der Waals surface area contributed by atoms with Crippen LogP contribution in [0.25, 0.3) is 10.6 Å². The molecule has 4 amide bonds. The maximum absolute atomic E-state index is 13.8. The molecule has 0 spiro atoms. The van der Waals surface area contributed by atoms with Crippen LogP contribution in [0.4, 0.5) is 16.2 Å². The zero-order valence-corrected chi connectivity index (χ0v) is 27.0. The molecule has 3 atom stereocenters. The van der Waals surface area contributed by atoms with Gasteiger partial charge in [0.25, 0.3) is 11.8 Å². The van der Waals surface area contributed by atoms with Crippen molar-refractivity contribution >= 4 is 40.6 Å². The molecule has 13 heteroatoms. The smallest absolute Gasteiger partial charge is 0.321 e. The lowest BCUT2D eigenvalue weighted by molar-refractivity contribution is 0.0372. The van der Waals surface area contributed by atoms with Crippen LogP contribution in [0.3, 0.4) is 0 Å². The SMILES string of the molecule is C[C@@H]1CN([C@@H](C)CO)C(=O)c2cccc(NC(=O)c3ccc(-c4nccs4)cc3)c2O[C@@H]1CN(C)C(=O)Nc1ccc2c(c1)OCO2. The molecule has 3 aromatic carbocycles. The van der Waals surface area contributed by atoms with Crippen molar-refractivity contribution in [1.29, 1.82) is 0 Å². The first-order valence-corrected chi connectivity index (χ1v) is 16.0. The maximum Gasteiger partial charge on any atom is 0.321 e. The number of carbonyl (C=O) groups is 3. The molecular weight excluding hydrogens is 622 g/mol. The summed E-state index contributed by atoms with van der Waals surface area (Å²) in [6.07, 6.45) is 1.14. The highest BCUT2D eigenvalue weighted by molar-refractivity contribution is 7.13. The number of hydrogen-bond donors (Lipinski definition) is 3. The lowest BCUT2D eigenvalue weighted by atomic mass is 9.99. The molecule has 12 nitrogen and oxygen atoms in total. The lowest BCUT2D eigenvalue weighted by Crippen LogP contribution is -2.50. The number of aliphatic hydroxyl groups is 1. The first-order valence-electron chi connectivity index (χ1n) is 15.2. The predicted octanol–water partition coefficient (Wildman–Crippen LogP) is 5.18. The van der Waals surface area contributed by atoms with Crippen LogP contribution < -0.4 is 24.8 Å². The molecule has 0 fully saturated rings. The van der Waals surface area contributed by atoms with E-state index >= 15 is 0 Å². The summed E-state index contributed by atoms with van der Waals surface area (Å²) in [6, 6.07) is 16.4. The highest BCUT2D eigenvalue weighted by Crippen LogP contribution is 2.36. The molecule has 6 rings (SSSR count). The second kappa shape index (κ2) is 13.7. The molecule has 1 aromatic heterocycles. The van der Waals surface area contributed by atoms with Gasteiger partial charge in [-0.15, -0.1) is 11.3 Å². The minimum atomic E-state index is -0.585. The van der Waals surface area contributed by atoms with Gasteiger partial charge in [-0.2, -0.15) is 0 Å². The first kappa shape index (κ1) is 31.8. The Morgan fingerprint density at radius 3 is 2.64 bits per heavy atom. The second-order valence-electron chi connectivity index (χ2n) is 11.6. The average Bonchev–Trinajstić information content (AvgIpc) is 3.79. The summed E-state index contributed by atoms with van der Waals surface area (Å²) in [4.78, 5) is 47.9. The number of fused-ring (bicyclic) bond motifs is 2. The number of hydrogen-bond acceptors (Lipinski definition) is 9. The topological polar surface area (TPSA) is 143 Å². The van der Waals surface area contributed by atoms with Crippen molar-refractivity contribution < 1.29 is 33.7 Å². The van der Waals surface area contributed by atoms with Crippen molar-refractivity contribution in [2.45, 2.75) is 26.0 Å². The van der Waals surface area contributed by atoms with E-state index in [1.165, 1.54) is 16.2 Å². The molecule has 3 heterocycles.